The van der Waals surface area contributed by atoms with E-state index in [1.807, 2.05) is 41.5 Å². The highest BCUT2D eigenvalue weighted by atomic mass is 19.1. The summed E-state index contributed by atoms with van der Waals surface area (Å²) >= 11 is 0. The number of hydrogen-bond donors (Lipinski definition) is 0. The van der Waals surface area contributed by atoms with E-state index in [0.29, 0.717) is 5.56 Å². The fourth-order valence-corrected chi connectivity index (χ4v) is 1.72. The summed E-state index contributed by atoms with van der Waals surface area (Å²) in [5.74, 6) is -0.894. The van der Waals surface area contributed by atoms with E-state index in [-0.39, 0.29) is 11.0 Å². The highest BCUT2D eigenvalue weighted by Gasteiger charge is 2.26. The molecule has 0 aliphatic carbocycles. The Bertz CT molecular complexity index is 369. The van der Waals surface area contributed by atoms with E-state index >= 15 is 0 Å². The van der Waals surface area contributed by atoms with Crippen molar-refractivity contribution in [3.63, 3.8) is 0 Å². The van der Waals surface area contributed by atoms with Crippen molar-refractivity contribution in [3.8, 4) is 0 Å². The Morgan fingerprint density at radius 3 is 1.38 bits per heavy atom. The van der Waals surface area contributed by atoms with Crippen molar-refractivity contribution in [1.82, 2.24) is 0 Å². The molecule has 1 aromatic carbocycles. The van der Waals surface area contributed by atoms with E-state index in [2.05, 4.69) is 0 Å². The summed E-state index contributed by atoms with van der Waals surface area (Å²) < 4.78 is 27.8. The first kappa shape index (κ1) is 13.1. The van der Waals surface area contributed by atoms with Crippen LogP contribution < -0.4 is 0 Å². The number of benzene rings is 1. The normalized spacial score (nSPS) is 13.0. The summed E-state index contributed by atoms with van der Waals surface area (Å²) in [6.45, 7) is 11.3. The quantitative estimate of drug-likeness (QED) is 0.608. The minimum Gasteiger partial charge on any atom is -0.207 e. The summed E-state index contributed by atoms with van der Waals surface area (Å²) in [4.78, 5) is 0. The summed E-state index contributed by atoms with van der Waals surface area (Å²) in [5, 5.41) is 0. The Balaban J connectivity index is 3.41. The van der Waals surface area contributed by atoms with Gasteiger partial charge in [-0.2, -0.15) is 0 Å². The minimum absolute atomic E-state index is 0.167. The molecule has 0 aliphatic rings. The lowest BCUT2D eigenvalue weighted by atomic mass is 9.81. The first-order chi connectivity index (χ1) is 7.03. The maximum Gasteiger partial charge on any atom is 0.130 e. The highest BCUT2D eigenvalue weighted by Crippen LogP contribution is 2.32. The molecule has 0 aliphatic heterocycles. The zero-order chi connectivity index (χ0) is 12.7. The van der Waals surface area contributed by atoms with Crippen LogP contribution in [0.1, 0.15) is 52.7 Å². The molecule has 0 spiro atoms. The smallest absolute Gasteiger partial charge is 0.130 e. The molecule has 0 atom stereocenters. The van der Waals surface area contributed by atoms with Gasteiger partial charge < -0.3 is 0 Å². The Kier molecular flexibility index (Phi) is 3.15. The molecule has 0 fully saturated rings. The Morgan fingerprint density at radius 2 is 1.12 bits per heavy atom. The molecule has 2 heteroatoms. The SMILES string of the molecule is CC(C)(C)c1cc(F)c(C(C)(C)C)c(F)c1. The molecule has 0 amide bonds. The zero-order valence-electron chi connectivity index (χ0n) is 10.9. The highest BCUT2D eigenvalue weighted by molar-refractivity contribution is 5.34. The minimum atomic E-state index is -0.509. The van der Waals surface area contributed by atoms with Crippen molar-refractivity contribution in [1.29, 1.82) is 0 Å². The van der Waals surface area contributed by atoms with Crippen LogP contribution in [0.5, 0.6) is 0 Å². The monoisotopic (exact) mass is 226 g/mol. The third kappa shape index (κ3) is 2.60. The molecule has 1 rings (SSSR count). The lowest BCUT2D eigenvalue weighted by Crippen LogP contribution is -2.19. The van der Waals surface area contributed by atoms with Crippen LogP contribution in [-0.4, -0.2) is 0 Å². The van der Waals surface area contributed by atoms with E-state index in [4.69, 9.17) is 0 Å². The standard InChI is InChI=1S/C14H20F2/c1-13(2,3)9-7-10(15)12(11(16)8-9)14(4,5)6/h7-8H,1-6H3. The van der Waals surface area contributed by atoms with Crippen LogP contribution in [0.3, 0.4) is 0 Å². The van der Waals surface area contributed by atoms with E-state index in [9.17, 15) is 8.78 Å². The van der Waals surface area contributed by atoms with Gasteiger partial charge in [-0.1, -0.05) is 41.5 Å². The predicted molar refractivity (Wildman–Crippen MR) is 63.8 cm³/mol. The topological polar surface area (TPSA) is 0 Å². The molecule has 1 aromatic rings. The van der Waals surface area contributed by atoms with E-state index in [1.54, 1.807) is 0 Å². The Labute approximate surface area is 96.7 Å². The third-order valence-corrected chi connectivity index (χ3v) is 2.66. The van der Waals surface area contributed by atoms with Crippen LogP contribution in [0, 0.1) is 11.6 Å². The molecule has 0 saturated heterocycles. The largest absolute Gasteiger partial charge is 0.207 e. The van der Waals surface area contributed by atoms with Crippen molar-refractivity contribution >= 4 is 0 Å². The maximum atomic E-state index is 13.9. The van der Waals surface area contributed by atoms with Crippen LogP contribution in [0.4, 0.5) is 8.78 Å². The number of halogens is 2. The van der Waals surface area contributed by atoms with Gasteiger partial charge in [0.25, 0.3) is 0 Å². The molecule has 0 bridgehead atoms. The molecular formula is C14H20F2. The van der Waals surface area contributed by atoms with E-state index in [1.165, 1.54) is 12.1 Å². The molecule has 0 nitrogen and oxygen atoms in total. The average Bonchev–Trinajstić information content (AvgIpc) is 1.97. The van der Waals surface area contributed by atoms with Crippen LogP contribution in [-0.2, 0) is 10.8 Å². The second kappa shape index (κ2) is 3.83. The van der Waals surface area contributed by atoms with Crippen molar-refractivity contribution in [3.05, 3.63) is 34.9 Å². The Hall–Kier alpha value is -0.920. The molecule has 90 valence electrons. The van der Waals surface area contributed by atoms with Crippen LogP contribution in [0.2, 0.25) is 0 Å². The molecule has 0 saturated carbocycles. The average molecular weight is 226 g/mol. The summed E-state index contributed by atoms with van der Waals surface area (Å²) in [6.07, 6.45) is 0. The number of hydrogen-bond acceptors (Lipinski definition) is 0. The van der Waals surface area contributed by atoms with Crippen LogP contribution in [0.25, 0.3) is 0 Å². The maximum absolute atomic E-state index is 13.9. The summed E-state index contributed by atoms with van der Waals surface area (Å²) in [5.41, 5.74) is 0.110. The zero-order valence-corrected chi connectivity index (χ0v) is 10.9. The van der Waals surface area contributed by atoms with Gasteiger partial charge in [-0.25, -0.2) is 8.78 Å². The van der Waals surface area contributed by atoms with Gasteiger partial charge in [-0.05, 0) is 28.5 Å². The summed E-state index contributed by atoms with van der Waals surface area (Å²) in [6, 6.07) is 2.90. The van der Waals surface area contributed by atoms with Crippen molar-refractivity contribution in [2.24, 2.45) is 0 Å². The van der Waals surface area contributed by atoms with Crippen molar-refractivity contribution in [2.45, 2.75) is 52.4 Å². The fourth-order valence-electron chi connectivity index (χ4n) is 1.72. The van der Waals surface area contributed by atoms with Crippen LogP contribution >= 0.6 is 0 Å². The van der Waals surface area contributed by atoms with E-state index < -0.39 is 17.0 Å². The first-order valence-electron chi connectivity index (χ1n) is 5.53. The lowest BCUT2D eigenvalue weighted by molar-refractivity contribution is 0.466. The van der Waals surface area contributed by atoms with Crippen molar-refractivity contribution < 1.29 is 8.78 Å². The van der Waals surface area contributed by atoms with Gasteiger partial charge in [-0.3, -0.25) is 0 Å². The fraction of sp³-hybridized carbons (Fsp3) is 0.571. The molecule has 0 heterocycles. The summed E-state index contributed by atoms with van der Waals surface area (Å²) in [7, 11) is 0. The van der Waals surface area contributed by atoms with Crippen molar-refractivity contribution in [2.75, 3.05) is 0 Å². The third-order valence-electron chi connectivity index (χ3n) is 2.66. The van der Waals surface area contributed by atoms with Gasteiger partial charge in [0.1, 0.15) is 11.6 Å². The van der Waals surface area contributed by atoms with Crippen LogP contribution in [0.15, 0.2) is 12.1 Å². The lowest BCUT2D eigenvalue weighted by Gasteiger charge is -2.24. The second-order valence-corrected chi connectivity index (χ2v) is 6.31. The molecule has 0 radical (unpaired) electrons. The van der Waals surface area contributed by atoms with Gasteiger partial charge in [0, 0.05) is 5.56 Å². The second-order valence-electron chi connectivity index (χ2n) is 6.31. The molecule has 16 heavy (non-hydrogen) atoms. The number of rotatable bonds is 0. The molecule has 0 aromatic heterocycles. The van der Waals surface area contributed by atoms with Gasteiger partial charge in [-0.15, -0.1) is 0 Å². The molecule has 0 unspecified atom stereocenters. The predicted octanol–water partition coefficient (Wildman–Crippen LogP) is 4.56. The Morgan fingerprint density at radius 1 is 0.750 bits per heavy atom. The first-order valence-corrected chi connectivity index (χ1v) is 5.53. The van der Waals surface area contributed by atoms with Gasteiger partial charge in [0.05, 0.1) is 0 Å². The molecular weight excluding hydrogens is 206 g/mol. The molecule has 0 N–H and O–H groups in total. The van der Waals surface area contributed by atoms with Gasteiger partial charge in [0.2, 0.25) is 0 Å². The van der Waals surface area contributed by atoms with Gasteiger partial charge in [0.15, 0.2) is 0 Å². The van der Waals surface area contributed by atoms with E-state index in [0.717, 1.165) is 0 Å². The van der Waals surface area contributed by atoms with Gasteiger partial charge >= 0.3 is 0 Å².